The molecule has 3 N–H and O–H groups in total. The van der Waals surface area contributed by atoms with Crippen LogP contribution < -0.4 is 0 Å². The van der Waals surface area contributed by atoms with Gasteiger partial charge in [-0.15, -0.1) is 0 Å². The lowest BCUT2D eigenvalue weighted by Gasteiger charge is -2.18. The first-order chi connectivity index (χ1) is 23.7. The second kappa shape index (κ2) is 33.7. The number of hydrogen-bond donors (Lipinski definition) is 3. The number of allylic oxidation sites excluding steroid dienone is 12. The van der Waals surface area contributed by atoms with Crippen LogP contribution in [0.2, 0.25) is 0 Å². The predicted molar refractivity (Wildman–Crippen MR) is 199 cm³/mol. The van der Waals surface area contributed by atoms with Gasteiger partial charge in [0.15, 0.2) is 6.10 Å². The predicted octanol–water partition coefficient (Wildman–Crippen LogP) is 9.48. The van der Waals surface area contributed by atoms with Crippen molar-refractivity contribution >= 4 is 19.8 Å². The van der Waals surface area contributed by atoms with Gasteiger partial charge in [-0.3, -0.25) is 14.1 Å². The Morgan fingerprint density at radius 2 is 1.27 bits per heavy atom. The number of phosphoric ester groups is 1. The number of phosphoric acid groups is 1. The maximum absolute atomic E-state index is 12.3. The molecule has 0 saturated heterocycles. The summed E-state index contributed by atoms with van der Waals surface area (Å²) in [7, 11) is -4.78. The SMILES string of the molecule is CC/C=C\C/C=C\CC(O)/C=C/C=C\C/C=C\C/C=C\CCC(=O)OC[C@H](COP(=O)(O)O)OC(=O)CCCCCCC/C=C\CCCC. The van der Waals surface area contributed by atoms with Gasteiger partial charge in [0.25, 0.3) is 0 Å². The zero-order valence-corrected chi connectivity index (χ0v) is 30.8. The molecule has 0 aromatic rings. The summed E-state index contributed by atoms with van der Waals surface area (Å²) in [5.74, 6) is -1.04. The van der Waals surface area contributed by atoms with Crippen LogP contribution in [-0.4, -0.2) is 52.3 Å². The maximum atomic E-state index is 12.3. The summed E-state index contributed by atoms with van der Waals surface area (Å²) >= 11 is 0. The summed E-state index contributed by atoms with van der Waals surface area (Å²) in [5, 5.41) is 9.95. The second-order valence-electron chi connectivity index (χ2n) is 11.7. The summed E-state index contributed by atoms with van der Waals surface area (Å²) in [4.78, 5) is 42.5. The molecule has 9 nitrogen and oxygen atoms in total. The van der Waals surface area contributed by atoms with E-state index in [4.69, 9.17) is 19.3 Å². The maximum Gasteiger partial charge on any atom is 0.469 e. The van der Waals surface area contributed by atoms with Crippen molar-refractivity contribution in [3.05, 3.63) is 85.1 Å². The molecule has 0 aliphatic carbocycles. The first-order valence-electron chi connectivity index (χ1n) is 18.0. The Bertz CT molecular complexity index is 1080. The van der Waals surface area contributed by atoms with Gasteiger partial charge in [0.2, 0.25) is 0 Å². The van der Waals surface area contributed by atoms with Crippen LogP contribution in [0.3, 0.4) is 0 Å². The third-order valence-electron chi connectivity index (χ3n) is 6.99. The van der Waals surface area contributed by atoms with Gasteiger partial charge < -0.3 is 24.4 Å². The molecular formula is C39H63O9P. The van der Waals surface area contributed by atoms with E-state index in [1.165, 1.54) is 12.8 Å². The smallest absolute Gasteiger partial charge is 0.462 e. The van der Waals surface area contributed by atoms with E-state index in [9.17, 15) is 19.3 Å². The summed E-state index contributed by atoms with van der Waals surface area (Å²) < 4.78 is 26.1. The van der Waals surface area contributed by atoms with Crippen molar-refractivity contribution in [1.29, 1.82) is 0 Å². The molecule has 0 aromatic heterocycles. The fourth-order valence-electron chi connectivity index (χ4n) is 4.29. The number of unbranched alkanes of at least 4 members (excludes halogenated alkanes) is 7. The zero-order chi connectivity index (χ0) is 36.3. The normalized spacial score (nSPS) is 14.1. The zero-order valence-electron chi connectivity index (χ0n) is 29.9. The molecule has 0 amide bonds. The van der Waals surface area contributed by atoms with Gasteiger partial charge in [-0.2, -0.15) is 0 Å². The molecule has 278 valence electrons. The largest absolute Gasteiger partial charge is 0.469 e. The molecule has 2 atom stereocenters. The Morgan fingerprint density at radius 1 is 0.653 bits per heavy atom. The molecule has 10 heteroatoms. The van der Waals surface area contributed by atoms with E-state index in [1.807, 2.05) is 48.6 Å². The minimum absolute atomic E-state index is 0.112. The lowest BCUT2D eigenvalue weighted by atomic mass is 10.1. The second-order valence-corrected chi connectivity index (χ2v) is 12.9. The molecule has 0 fully saturated rings. The van der Waals surface area contributed by atoms with E-state index in [0.717, 1.165) is 57.8 Å². The molecule has 0 aliphatic rings. The Kier molecular flexibility index (Phi) is 31.7. The number of rotatable bonds is 31. The van der Waals surface area contributed by atoms with E-state index in [0.29, 0.717) is 25.7 Å². The average Bonchev–Trinajstić information content (AvgIpc) is 3.06. The minimum atomic E-state index is -4.78. The van der Waals surface area contributed by atoms with Gasteiger partial charge in [0, 0.05) is 12.8 Å². The fraction of sp³-hybridized carbons (Fsp3) is 0.590. The Labute approximate surface area is 295 Å². The lowest BCUT2D eigenvalue weighted by molar-refractivity contribution is -0.161. The van der Waals surface area contributed by atoms with Crippen molar-refractivity contribution in [2.24, 2.45) is 0 Å². The van der Waals surface area contributed by atoms with Crippen LogP contribution in [0, 0.1) is 0 Å². The van der Waals surface area contributed by atoms with E-state index in [2.05, 4.69) is 48.8 Å². The van der Waals surface area contributed by atoms with Crippen molar-refractivity contribution < 1.29 is 43.0 Å². The van der Waals surface area contributed by atoms with Gasteiger partial charge in [0.1, 0.15) is 6.61 Å². The molecule has 0 aromatic carbocycles. The number of aliphatic hydroxyl groups is 1. The van der Waals surface area contributed by atoms with E-state index in [1.54, 1.807) is 6.08 Å². The number of carbonyl (C=O) groups is 2. The molecule has 0 rings (SSSR count). The quantitative estimate of drug-likeness (QED) is 0.0211. The third-order valence-corrected chi connectivity index (χ3v) is 7.48. The summed E-state index contributed by atoms with van der Waals surface area (Å²) in [6.45, 7) is 3.35. The molecule has 0 heterocycles. The van der Waals surface area contributed by atoms with Crippen LogP contribution in [0.4, 0.5) is 0 Å². The van der Waals surface area contributed by atoms with Gasteiger partial charge in [0.05, 0.1) is 12.7 Å². The van der Waals surface area contributed by atoms with E-state index >= 15 is 0 Å². The lowest BCUT2D eigenvalue weighted by Crippen LogP contribution is -2.29. The van der Waals surface area contributed by atoms with Crippen LogP contribution in [-0.2, 0) is 28.2 Å². The van der Waals surface area contributed by atoms with Crippen molar-refractivity contribution in [2.45, 2.75) is 135 Å². The van der Waals surface area contributed by atoms with Crippen molar-refractivity contribution in [3.63, 3.8) is 0 Å². The van der Waals surface area contributed by atoms with Crippen LogP contribution in [0.15, 0.2) is 85.1 Å². The van der Waals surface area contributed by atoms with Crippen LogP contribution in [0.5, 0.6) is 0 Å². The first kappa shape index (κ1) is 46.2. The molecule has 0 saturated carbocycles. The molecule has 49 heavy (non-hydrogen) atoms. The number of aliphatic hydroxyl groups excluding tert-OH is 1. The number of ether oxygens (including phenoxy) is 2. The molecule has 1 unspecified atom stereocenters. The van der Waals surface area contributed by atoms with E-state index < -0.39 is 38.6 Å². The highest BCUT2D eigenvalue weighted by Gasteiger charge is 2.22. The topological polar surface area (TPSA) is 140 Å². The highest BCUT2D eigenvalue weighted by Crippen LogP contribution is 2.35. The van der Waals surface area contributed by atoms with E-state index in [-0.39, 0.29) is 19.4 Å². The van der Waals surface area contributed by atoms with Crippen LogP contribution >= 0.6 is 7.82 Å². The summed E-state index contributed by atoms with van der Waals surface area (Å²) in [6, 6.07) is 0. The third kappa shape index (κ3) is 36.3. The number of esters is 2. The molecule has 0 aliphatic heterocycles. The molecule has 0 radical (unpaired) electrons. The van der Waals surface area contributed by atoms with Crippen LogP contribution in [0.1, 0.15) is 123 Å². The number of hydrogen-bond acceptors (Lipinski definition) is 7. The van der Waals surface area contributed by atoms with Crippen molar-refractivity contribution in [1.82, 2.24) is 0 Å². The summed E-state index contributed by atoms with van der Waals surface area (Å²) in [6.07, 6.45) is 40.6. The molecular weight excluding hydrogens is 643 g/mol. The average molecular weight is 707 g/mol. The summed E-state index contributed by atoms with van der Waals surface area (Å²) in [5.41, 5.74) is 0. The highest BCUT2D eigenvalue weighted by atomic mass is 31.2. The highest BCUT2D eigenvalue weighted by molar-refractivity contribution is 7.46. The molecule has 0 spiro atoms. The van der Waals surface area contributed by atoms with Gasteiger partial charge >= 0.3 is 19.8 Å². The number of carbonyl (C=O) groups excluding carboxylic acids is 2. The molecule has 0 bridgehead atoms. The standard InChI is InChI=1S/C39H63O9P/c1-3-5-7-9-11-12-13-18-21-25-29-33-39(42)48-37(35-47-49(43,44)45)34-46-38(41)32-28-24-20-17-15-14-16-19-23-27-31-36(40)30-26-22-10-8-6-4-2/h6,8-9,11,14-15,19-20,22-24,26-27,31,36-37,40H,3-5,7,10,12-13,16-18,21,25,28-30,32-35H2,1-2H3,(H2,43,44,45)/b8-6-,11-9-,15-14-,23-19-,24-20-,26-22-,31-27+/t36?,37-/m1/s1. The fourth-order valence-corrected chi connectivity index (χ4v) is 4.65. The Balaban J connectivity index is 4.21. The Morgan fingerprint density at radius 3 is 1.98 bits per heavy atom. The van der Waals surface area contributed by atoms with Gasteiger partial charge in [-0.05, 0) is 64.2 Å². The minimum Gasteiger partial charge on any atom is -0.462 e. The Hall–Kier alpha value is -2.81. The van der Waals surface area contributed by atoms with Crippen LogP contribution in [0.25, 0.3) is 0 Å². The van der Waals surface area contributed by atoms with Gasteiger partial charge in [-0.25, -0.2) is 4.57 Å². The first-order valence-corrected chi connectivity index (χ1v) is 19.5. The monoisotopic (exact) mass is 706 g/mol. The van der Waals surface area contributed by atoms with Crippen molar-refractivity contribution in [3.8, 4) is 0 Å². The van der Waals surface area contributed by atoms with Gasteiger partial charge in [-0.1, -0.05) is 131 Å². The van der Waals surface area contributed by atoms with Crippen molar-refractivity contribution in [2.75, 3.05) is 13.2 Å².